The Morgan fingerprint density at radius 2 is 1.68 bits per heavy atom. The van der Waals surface area contributed by atoms with Crippen molar-refractivity contribution in [3.8, 4) is 5.69 Å². The third-order valence-electron chi connectivity index (χ3n) is 6.11. The zero-order valence-corrected chi connectivity index (χ0v) is 19.0. The first-order chi connectivity index (χ1) is 16.4. The molecule has 3 N–H and O–H groups in total. The number of para-hydroxylation sites is 2. The van der Waals surface area contributed by atoms with Gasteiger partial charge in [0.05, 0.1) is 11.0 Å². The van der Waals surface area contributed by atoms with Crippen molar-refractivity contribution < 1.29 is 9.18 Å². The number of amides is 1. The maximum Gasteiger partial charge on any atom is 0.257 e. The summed E-state index contributed by atoms with van der Waals surface area (Å²) >= 11 is 0. The minimum absolute atomic E-state index is 0.260. The molecule has 2 aromatic heterocycles. The molecular weight excluding hydrogens is 429 g/mol. The van der Waals surface area contributed by atoms with Gasteiger partial charge in [0.1, 0.15) is 22.7 Å². The van der Waals surface area contributed by atoms with Crippen molar-refractivity contribution in [2.75, 3.05) is 12.3 Å². The Morgan fingerprint density at radius 1 is 0.971 bits per heavy atom. The van der Waals surface area contributed by atoms with Crippen LogP contribution in [-0.2, 0) is 6.42 Å². The average Bonchev–Trinajstić information content (AvgIpc) is 3.11. The molecule has 1 amide bonds. The summed E-state index contributed by atoms with van der Waals surface area (Å²) in [5, 5.41) is 2.87. The van der Waals surface area contributed by atoms with Gasteiger partial charge in [-0.3, -0.25) is 9.36 Å². The van der Waals surface area contributed by atoms with Gasteiger partial charge in [-0.25, -0.2) is 14.4 Å². The van der Waals surface area contributed by atoms with Crippen molar-refractivity contribution in [1.29, 1.82) is 0 Å². The van der Waals surface area contributed by atoms with Crippen LogP contribution in [-0.4, -0.2) is 27.0 Å². The van der Waals surface area contributed by atoms with Crippen LogP contribution in [0, 0.1) is 19.7 Å². The first kappa shape index (κ1) is 21.6. The molecule has 5 aromatic rings. The van der Waals surface area contributed by atoms with E-state index in [0.717, 1.165) is 16.8 Å². The molecule has 0 unspecified atom stereocenters. The van der Waals surface area contributed by atoms with E-state index in [1.165, 1.54) is 6.07 Å². The van der Waals surface area contributed by atoms with Gasteiger partial charge in [-0.15, -0.1) is 0 Å². The number of hydrogen-bond acceptors (Lipinski definition) is 4. The van der Waals surface area contributed by atoms with Gasteiger partial charge in [0.2, 0.25) is 0 Å². The number of nitrogens with two attached hydrogens (primary N) is 1. The number of benzene rings is 3. The van der Waals surface area contributed by atoms with Crippen molar-refractivity contribution in [2.24, 2.45) is 0 Å². The molecule has 0 fully saturated rings. The van der Waals surface area contributed by atoms with Crippen LogP contribution in [0.3, 0.4) is 0 Å². The molecule has 34 heavy (non-hydrogen) atoms. The molecule has 0 radical (unpaired) electrons. The van der Waals surface area contributed by atoms with Crippen molar-refractivity contribution >= 4 is 33.9 Å². The summed E-state index contributed by atoms with van der Waals surface area (Å²) in [5.74, 6) is -0.400. The van der Waals surface area contributed by atoms with Crippen LogP contribution < -0.4 is 11.1 Å². The number of nitrogens with zero attached hydrogens (tertiary/aromatic N) is 3. The lowest BCUT2D eigenvalue weighted by molar-refractivity contribution is 0.0956. The summed E-state index contributed by atoms with van der Waals surface area (Å²) in [4.78, 5) is 22.8. The summed E-state index contributed by atoms with van der Waals surface area (Å²) in [7, 11) is 0. The van der Waals surface area contributed by atoms with E-state index >= 15 is 0 Å². The molecule has 5 rings (SSSR count). The minimum atomic E-state index is -0.369. The second kappa shape index (κ2) is 8.59. The number of aromatic nitrogens is 3. The summed E-state index contributed by atoms with van der Waals surface area (Å²) in [6.45, 7) is 4.33. The molecule has 0 atom stereocenters. The van der Waals surface area contributed by atoms with Crippen molar-refractivity contribution in [3.05, 3.63) is 94.8 Å². The highest BCUT2D eigenvalue weighted by atomic mass is 19.1. The summed E-state index contributed by atoms with van der Waals surface area (Å²) in [6, 6.07) is 20.0. The highest BCUT2D eigenvalue weighted by Crippen LogP contribution is 2.31. The first-order valence-corrected chi connectivity index (χ1v) is 11.1. The topological polar surface area (TPSA) is 85.8 Å². The molecule has 2 heterocycles. The van der Waals surface area contributed by atoms with Crippen molar-refractivity contribution in [2.45, 2.75) is 20.3 Å². The van der Waals surface area contributed by atoms with E-state index in [4.69, 9.17) is 15.7 Å². The van der Waals surface area contributed by atoms with E-state index < -0.39 is 0 Å². The van der Waals surface area contributed by atoms with Crippen molar-refractivity contribution in [1.82, 2.24) is 19.9 Å². The molecule has 0 saturated heterocycles. The van der Waals surface area contributed by atoms with Gasteiger partial charge in [-0.05, 0) is 67.3 Å². The van der Waals surface area contributed by atoms with Crippen LogP contribution >= 0.6 is 0 Å². The Kier molecular flexibility index (Phi) is 5.45. The molecule has 0 bridgehead atoms. The number of anilines is 1. The molecule has 7 heteroatoms. The zero-order chi connectivity index (χ0) is 23.8. The van der Waals surface area contributed by atoms with Crippen LogP contribution in [0.2, 0.25) is 0 Å². The minimum Gasteiger partial charge on any atom is -0.384 e. The molecule has 0 aliphatic rings. The van der Waals surface area contributed by atoms with E-state index in [1.807, 2.05) is 56.3 Å². The monoisotopic (exact) mass is 453 g/mol. The van der Waals surface area contributed by atoms with Gasteiger partial charge in [-0.2, -0.15) is 0 Å². The molecule has 6 nitrogen and oxygen atoms in total. The number of rotatable bonds is 5. The second-order valence-corrected chi connectivity index (χ2v) is 8.35. The van der Waals surface area contributed by atoms with Gasteiger partial charge < -0.3 is 11.1 Å². The quantitative estimate of drug-likeness (QED) is 0.397. The Morgan fingerprint density at radius 3 is 2.41 bits per heavy atom. The number of carbonyl (C=O) groups is 1. The summed E-state index contributed by atoms with van der Waals surface area (Å²) in [5.41, 5.74) is 12.8. The lowest BCUT2D eigenvalue weighted by Crippen LogP contribution is -2.26. The lowest BCUT2D eigenvalue weighted by Gasteiger charge is -2.10. The third-order valence-corrected chi connectivity index (χ3v) is 6.11. The Bertz CT molecular complexity index is 1560. The summed E-state index contributed by atoms with van der Waals surface area (Å²) in [6.07, 6.45) is 0.364. The highest BCUT2D eigenvalue weighted by molar-refractivity contribution is 6.11. The average molecular weight is 454 g/mol. The van der Waals surface area contributed by atoms with E-state index in [0.29, 0.717) is 34.2 Å². The molecular formula is C27H24FN5O. The van der Waals surface area contributed by atoms with Gasteiger partial charge in [0.15, 0.2) is 5.65 Å². The lowest BCUT2D eigenvalue weighted by atomic mass is 10.1. The predicted octanol–water partition coefficient (Wildman–Crippen LogP) is 4.88. The predicted molar refractivity (Wildman–Crippen MR) is 133 cm³/mol. The largest absolute Gasteiger partial charge is 0.384 e. The van der Waals surface area contributed by atoms with E-state index in [9.17, 15) is 9.18 Å². The van der Waals surface area contributed by atoms with Gasteiger partial charge in [0, 0.05) is 12.2 Å². The SMILES string of the molecule is Cc1ccc(-n2c(N)c(C(=O)NCCc3ccccc3F)c3nc4ccccc4nc32)cc1C. The standard InChI is InChI=1S/C27H24FN5O/c1-16-11-12-19(15-17(16)2)33-25(29)23(24-26(33)32-22-10-6-5-9-21(22)31-24)27(34)30-14-13-18-7-3-4-8-20(18)28/h3-12,15H,13-14,29H2,1-2H3,(H,30,34). The van der Waals surface area contributed by atoms with Gasteiger partial charge in [0.25, 0.3) is 5.91 Å². The maximum atomic E-state index is 14.0. The second-order valence-electron chi connectivity index (χ2n) is 8.35. The first-order valence-electron chi connectivity index (χ1n) is 11.1. The number of carbonyl (C=O) groups excluding carboxylic acids is 1. The molecule has 0 saturated carbocycles. The maximum absolute atomic E-state index is 14.0. The molecule has 3 aromatic carbocycles. The number of nitrogens with one attached hydrogen (secondary N) is 1. The molecule has 0 aliphatic carbocycles. The zero-order valence-electron chi connectivity index (χ0n) is 19.0. The smallest absolute Gasteiger partial charge is 0.257 e. The fraction of sp³-hybridized carbons (Fsp3) is 0.148. The Labute approximate surface area is 196 Å². The van der Waals surface area contributed by atoms with Crippen LogP contribution in [0.25, 0.3) is 27.9 Å². The normalized spacial score (nSPS) is 11.3. The van der Waals surface area contributed by atoms with Crippen LogP contribution in [0.1, 0.15) is 27.0 Å². The fourth-order valence-corrected chi connectivity index (χ4v) is 4.11. The van der Waals surface area contributed by atoms with Crippen LogP contribution in [0.4, 0.5) is 10.2 Å². The van der Waals surface area contributed by atoms with E-state index in [2.05, 4.69) is 5.32 Å². The van der Waals surface area contributed by atoms with E-state index in [-0.39, 0.29) is 29.7 Å². The number of fused-ring (bicyclic) bond motifs is 2. The molecule has 0 aliphatic heterocycles. The highest BCUT2D eigenvalue weighted by Gasteiger charge is 2.25. The Balaban J connectivity index is 1.59. The fourth-order valence-electron chi connectivity index (χ4n) is 4.11. The Hall–Kier alpha value is -4.26. The number of nitrogen functional groups attached to an aromatic ring is 1. The third kappa shape index (κ3) is 3.75. The molecule has 170 valence electrons. The van der Waals surface area contributed by atoms with E-state index in [1.54, 1.807) is 22.8 Å². The van der Waals surface area contributed by atoms with Crippen LogP contribution in [0.15, 0.2) is 66.7 Å². The summed E-state index contributed by atoms with van der Waals surface area (Å²) < 4.78 is 15.7. The number of halogens is 1. The van der Waals surface area contributed by atoms with Crippen LogP contribution in [0.5, 0.6) is 0 Å². The van der Waals surface area contributed by atoms with Crippen molar-refractivity contribution in [3.63, 3.8) is 0 Å². The number of hydrogen-bond donors (Lipinski definition) is 2. The molecule has 0 spiro atoms. The van der Waals surface area contributed by atoms with Gasteiger partial charge in [-0.1, -0.05) is 36.4 Å². The number of aryl methyl sites for hydroxylation is 2. The van der Waals surface area contributed by atoms with Gasteiger partial charge >= 0.3 is 0 Å².